The summed E-state index contributed by atoms with van der Waals surface area (Å²) in [4.78, 5) is 66.7. The maximum Gasteiger partial charge on any atom is 3.00 e. The second kappa shape index (κ2) is 31.2. The Hall–Kier alpha value is -1.60. The number of hydrogen-bond donors (Lipinski definition) is 0. The van der Waals surface area contributed by atoms with E-state index < -0.39 is 54.0 Å². The van der Waals surface area contributed by atoms with Crippen LogP contribution in [0.5, 0.6) is 0 Å². The number of ether oxygens (including phenoxy) is 3. The summed E-state index contributed by atoms with van der Waals surface area (Å²) in [5.41, 5.74) is -2.81. The van der Waals surface area contributed by atoms with Crippen molar-refractivity contribution in [1.29, 1.82) is 0 Å². The number of carbonyl (C=O) groups excluding carboxylic acids is 6. The van der Waals surface area contributed by atoms with Crippen molar-refractivity contribution in [3.8, 4) is 0 Å². The van der Waals surface area contributed by atoms with Gasteiger partial charge < -0.3 is 43.9 Å². The summed E-state index contributed by atoms with van der Waals surface area (Å²) < 4.78 is 16.8. The van der Waals surface area contributed by atoms with E-state index in [4.69, 9.17) is 14.2 Å². The molecule has 282 valence electrons. The van der Waals surface area contributed by atoms with Crippen LogP contribution in [0.3, 0.4) is 0 Å². The number of carboxylic acid groups (broad SMARTS) is 3. The summed E-state index contributed by atoms with van der Waals surface area (Å²) >= 11 is 0. The Balaban J connectivity index is -0.000000307. The molecule has 0 saturated carbocycles. The first-order valence-electron chi connectivity index (χ1n) is 17.7. The molecular weight excluding hydrogens is 713 g/mol. The van der Waals surface area contributed by atoms with Crippen molar-refractivity contribution in [1.82, 2.24) is 0 Å². The van der Waals surface area contributed by atoms with E-state index in [1.165, 1.54) is 0 Å². The van der Waals surface area contributed by atoms with Crippen LogP contribution >= 0.6 is 0 Å². The van der Waals surface area contributed by atoms with Gasteiger partial charge >= 0.3 is 32.7 Å². The number of carbonyl (C=O) groups is 6. The van der Waals surface area contributed by atoms with Crippen molar-refractivity contribution in [2.45, 2.75) is 175 Å². The smallest absolute Gasteiger partial charge is 0.550 e. The normalized spacial score (nSPS) is 11.2. The van der Waals surface area contributed by atoms with Crippen LogP contribution in [-0.4, -0.2) is 71.9 Å². The number of unbranched alkanes of at least 4 members (excludes halogenated alkanes) is 3. The fraction of sp³-hybridized carbons (Fsp3) is 0.833. The molecule has 0 rings (SSSR count). The zero-order valence-electron chi connectivity index (χ0n) is 31.7. The van der Waals surface area contributed by atoms with E-state index in [0.717, 1.165) is 38.5 Å². The van der Waals surface area contributed by atoms with Gasteiger partial charge in [-0.25, -0.2) is 0 Å². The summed E-state index contributed by atoms with van der Waals surface area (Å²) in [5.74, 6) is -5.16. The maximum absolute atomic E-state index is 11.8. The van der Waals surface area contributed by atoms with Gasteiger partial charge in [-0.2, -0.15) is 0 Å². The molecule has 0 heterocycles. The summed E-state index contributed by atoms with van der Waals surface area (Å²) in [6, 6.07) is 0. The average Bonchev–Trinajstić information content (AvgIpc) is 3.03. The summed E-state index contributed by atoms with van der Waals surface area (Å²) in [6.07, 6.45) is 6.89. The van der Waals surface area contributed by atoms with Crippen LogP contribution in [0.25, 0.3) is 0 Å². The van der Waals surface area contributed by atoms with Gasteiger partial charge in [-0.1, -0.05) is 81.6 Å². The van der Waals surface area contributed by atoms with Crippen LogP contribution in [0.1, 0.15) is 159 Å². The molecule has 0 fully saturated rings. The summed E-state index contributed by atoms with van der Waals surface area (Å²) in [6.45, 7) is 18.6. The molecule has 0 aliphatic rings. The zero-order valence-corrected chi connectivity index (χ0v) is 34.5. The monoisotopic (exact) mass is 776 g/mol. The molecule has 0 saturated heterocycles. The Labute approximate surface area is 320 Å². The Bertz CT molecular complexity index is 819. The van der Waals surface area contributed by atoms with Gasteiger partial charge in [0, 0.05) is 57.0 Å². The topological polar surface area (TPSA) is 199 Å². The predicted molar refractivity (Wildman–Crippen MR) is 176 cm³/mol. The third-order valence-corrected chi connectivity index (χ3v) is 8.49. The van der Waals surface area contributed by atoms with Gasteiger partial charge in [0.1, 0.15) is 16.8 Å². The zero-order chi connectivity index (χ0) is 37.8. The minimum absolute atomic E-state index is 0. The quantitative estimate of drug-likeness (QED) is 0.0873. The van der Waals surface area contributed by atoms with E-state index in [-0.39, 0.29) is 50.1 Å². The minimum Gasteiger partial charge on any atom is -0.550 e. The fourth-order valence-corrected chi connectivity index (χ4v) is 4.90. The van der Waals surface area contributed by atoms with E-state index in [1.807, 2.05) is 62.3 Å². The Morgan fingerprint density at radius 3 is 0.714 bits per heavy atom. The molecule has 0 N–H and O–H groups in total. The number of rotatable bonds is 27. The van der Waals surface area contributed by atoms with E-state index in [0.29, 0.717) is 58.3 Å². The molecule has 0 aliphatic heterocycles. The van der Waals surface area contributed by atoms with Crippen molar-refractivity contribution in [3.05, 3.63) is 0 Å². The molecule has 0 aromatic heterocycles. The molecule has 13 heteroatoms. The number of ketones is 3. The third-order valence-electron chi connectivity index (χ3n) is 8.49. The van der Waals surface area contributed by atoms with Crippen molar-refractivity contribution in [2.75, 3.05) is 19.8 Å². The van der Waals surface area contributed by atoms with Crippen molar-refractivity contribution < 1.29 is 91.0 Å². The molecule has 0 aliphatic carbocycles. The summed E-state index contributed by atoms with van der Waals surface area (Å²) in [7, 11) is 0. The standard InChI is InChI=1S/3C12H22O4.Y/c3*1-4-7-8-16-12(5-2,6-3)10(13)9-11(14)15;/h3*4-9H2,1-3H3,(H,14,15);/q;;;+3/p-3. The molecule has 0 amide bonds. The molecule has 0 aromatic rings. The third kappa shape index (κ3) is 22.1. The van der Waals surface area contributed by atoms with Gasteiger partial charge in [0.25, 0.3) is 0 Å². The number of aliphatic carboxylic acids is 3. The van der Waals surface area contributed by atoms with Crippen molar-refractivity contribution >= 4 is 35.3 Å². The molecule has 0 unspecified atom stereocenters. The molecular formula is C36H63O12Y. The maximum atomic E-state index is 11.8. The SMILES string of the molecule is CCCCOC(CC)(CC)C(=O)CC(=O)[O-].CCCCOC(CC)(CC)C(=O)CC(=O)[O-].CCCCOC(CC)(CC)C(=O)CC(=O)[O-].[Y+3]. The first-order valence-corrected chi connectivity index (χ1v) is 17.7. The van der Waals surface area contributed by atoms with Crippen LogP contribution in [-0.2, 0) is 75.7 Å². The van der Waals surface area contributed by atoms with Crippen molar-refractivity contribution in [3.63, 3.8) is 0 Å². The first-order chi connectivity index (χ1) is 22.6. The van der Waals surface area contributed by atoms with Crippen molar-refractivity contribution in [2.24, 2.45) is 0 Å². The molecule has 0 spiro atoms. The van der Waals surface area contributed by atoms with E-state index in [1.54, 1.807) is 0 Å². The van der Waals surface area contributed by atoms with Crippen LogP contribution in [0.2, 0.25) is 0 Å². The van der Waals surface area contributed by atoms with Gasteiger partial charge in [-0.05, 0) is 57.8 Å². The van der Waals surface area contributed by atoms with Gasteiger partial charge in [0.15, 0.2) is 17.3 Å². The second-order valence-corrected chi connectivity index (χ2v) is 11.6. The number of Topliss-reactive ketones (excluding diaryl/α,β-unsaturated/α-hetero) is 3. The van der Waals surface area contributed by atoms with Gasteiger partial charge in [-0.15, -0.1) is 0 Å². The minimum atomic E-state index is -1.34. The number of hydrogen-bond acceptors (Lipinski definition) is 12. The van der Waals surface area contributed by atoms with E-state index in [9.17, 15) is 44.1 Å². The second-order valence-electron chi connectivity index (χ2n) is 11.6. The molecule has 0 radical (unpaired) electrons. The van der Waals surface area contributed by atoms with Gasteiger partial charge in [0.2, 0.25) is 0 Å². The predicted octanol–water partition coefficient (Wildman–Crippen LogP) is 3.21. The van der Waals surface area contributed by atoms with E-state index in [2.05, 4.69) is 0 Å². The van der Waals surface area contributed by atoms with Gasteiger partial charge in [-0.3, -0.25) is 14.4 Å². The Kier molecular flexibility index (Phi) is 34.5. The van der Waals surface area contributed by atoms with Gasteiger partial charge in [0.05, 0.1) is 0 Å². The average molecular weight is 777 g/mol. The Morgan fingerprint density at radius 1 is 0.408 bits per heavy atom. The molecule has 12 nitrogen and oxygen atoms in total. The number of carboxylic acids is 3. The fourth-order valence-electron chi connectivity index (χ4n) is 4.90. The first kappa shape index (κ1) is 54.2. The largest absolute Gasteiger partial charge is 3.00 e. The molecule has 0 aromatic carbocycles. The van der Waals surface area contributed by atoms with Crippen LogP contribution in [0.4, 0.5) is 0 Å². The van der Waals surface area contributed by atoms with Crippen LogP contribution < -0.4 is 15.3 Å². The van der Waals surface area contributed by atoms with E-state index >= 15 is 0 Å². The molecule has 0 bridgehead atoms. The molecule has 49 heavy (non-hydrogen) atoms. The Morgan fingerprint density at radius 2 is 0.592 bits per heavy atom. The molecule has 0 atom stereocenters. The summed E-state index contributed by atoms with van der Waals surface area (Å²) in [5, 5.41) is 31.3. The van der Waals surface area contributed by atoms with Crippen LogP contribution in [0.15, 0.2) is 0 Å². The van der Waals surface area contributed by atoms with Crippen LogP contribution in [0, 0.1) is 0 Å².